The molecule has 112 valence electrons. The molecule has 0 aliphatic rings. The SMILES string of the molecule is N#Cc1ccccc1Nc1ccc(NC(=O)c2ccco2)nn1. The van der Waals surface area contributed by atoms with Gasteiger partial charge in [-0.25, -0.2) is 0 Å². The van der Waals surface area contributed by atoms with Crippen LogP contribution in [0.4, 0.5) is 17.3 Å². The fourth-order valence-corrected chi connectivity index (χ4v) is 1.88. The largest absolute Gasteiger partial charge is 0.459 e. The maximum atomic E-state index is 11.8. The number of hydrogen-bond donors (Lipinski definition) is 2. The van der Waals surface area contributed by atoms with Crippen LogP contribution in [0.2, 0.25) is 0 Å². The molecule has 0 saturated carbocycles. The summed E-state index contributed by atoms with van der Waals surface area (Å²) < 4.78 is 4.99. The third kappa shape index (κ3) is 3.33. The average molecular weight is 305 g/mol. The van der Waals surface area contributed by atoms with E-state index in [1.165, 1.54) is 6.26 Å². The normalized spacial score (nSPS) is 9.87. The number of nitrogens with one attached hydrogen (secondary N) is 2. The Labute approximate surface area is 131 Å². The van der Waals surface area contributed by atoms with Crippen molar-refractivity contribution in [2.24, 2.45) is 0 Å². The lowest BCUT2D eigenvalue weighted by Gasteiger charge is -2.07. The fourth-order valence-electron chi connectivity index (χ4n) is 1.88. The number of hydrogen-bond acceptors (Lipinski definition) is 6. The molecule has 7 heteroatoms. The molecular formula is C16H11N5O2. The van der Waals surface area contributed by atoms with Crippen LogP contribution in [0.25, 0.3) is 0 Å². The smallest absolute Gasteiger partial charge is 0.292 e. The van der Waals surface area contributed by atoms with E-state index in [2.05, 4.69) is 26.9 Å². The summed E-state index contributed by atoms with van der Waals surface area (Å²) in [6.45, 7) is 0. The molecule has 0 aliphatic carbocycles. The highest BCUT2D eigenvalue weighted by atomic mass is 16.3. The number of nitrogens with zero attached hydrogens (tertiary/aromatic N) is 3. The quantitative estimate of drug-likeness (QED) is 0.768. The molecule has 0 saturated heterocycles. The Morgan fingerprint density at radius 1 is 1.04 bits per heavy atom. The number of aromatic nitrogens is 2. The topological polar surface area (TPSA) is 104 Å². The molecule has 0 aliphatic heterocycles. The second-order valence-electron chi connectivity index (χ2n) is 4.52. The number of para-hydroxylation sites is 1. The molecule has 0 atom stereocenters. The number of rotatable bonds is 4. The van der Waals surface area contributed by atoms with Crippen LogP contribution >= 0.6 is 0 Å². The lowest BCUT2D eigenvalue weighted by atomic mass is 10.2. The Balaban J connectivity index is 1.70. The van der Waals surface area contributed by atoms with Crippen molar-refractivity contribution >= 4 is 23.2 Å². The first-order valence-electron chi connectivity index (χ1n) is 6.71. The highest BCUT2D eigenvalue weighted by molar-refractivity contribution is 6.01. The van der Waals surface area contributed by atoms with Crippen molar-refractivity contribution in [2.75, 3.05) is 10.6 Å². The van der Waals surface area contributed by atoms with E-state index < -0.39 is 5.91 Å². The molecule has 2 N–H and O–H groups in total. The number of benzene rings is 1. The van der Waals surface area contributed by atoms with Gasteiger partial charge in [-0.2, -0.15) is 5.26 Å². The third-order valence-corrected chi connectivity index (χ3v) is 2.96. The van der Waals surface area contributed by atoms with E-state index in [1.54, 1.807) is 42.5 Å². The van der Waals surface area contributed by atoms with E-state index in [-0.39, 0.29) is 5.76 Å². The molecule has 0 unspecified atom stereocenters. The summed E-state index contributed by atoms with van der Waals surface area (Å²) in [4.78, 5) is 11.8. The van der Waals surface area contributed by atoms with Gasteiger partial charge >= 0.3 is 0 Å². The fraction of sp³-hybridized carbons (Fsp3) is 0. The molecule has 0 spiro atoms. The first kappa shape index (κ1) is 14.3. The highest BCUT2D eigenvalue weighted by Crippen LogP contribution is 2.18. The van der Waals surface area contributed by atoms with Crippen molar-refractivity contribution in [1.29, 1.82) is 5.26 Å². The van der Waals surface area contributed by atoms with Crippen molar-refractivity contribution in [3.8, 4) is 6.07 Å². The van der Waals surface area contributed by atoms with Crippen LogP contribution in [0.15, 0.2) is 59.2 Å². The molecule has 0 bridgehead atoms. The molecule has 1 aromatic carbocycles. The van der Waals surface area contributed by atoms with Crippen LogP contribution in [0.5, 0.6) is 0 Å². The van der Waals surface area contributed by atoms with Gasteiger partial charge < -0.3 is 15.1 Å². The monoisotopic (exact) mass is 305 g/mol. The molecule has 2 aromatic heterocycles. The number of furan rings is 1. The number of carbonyl (C=O) groups excluding carboxylic acids is 1. The molecule has 2 heterocycles. The van der Waals surface area contributed by atoms with Gasteiger partial charge in [0.05, 0.1) is 17.5 Å². The lowest BCUT2D eigenvalue weighted by Crippen LogP contribution is -2.12. The van der Waals surface area contributed by atoms with E-state index in [1.807, 2.05) is 6.07 Å². The van der Waals surface area contributed by atoms with Crippen molar-refractivity contribution in [1.82, 2.24) is 10.2 Å². The van der Waals surface area contributed by atoms with Gasteiger partial charge in [0.1, 0.15) is 6.07 Å². The molecule has 3 aromatic rings. The first-order chi connectivity index (χ1) is 11.3. The summed E-state index contributed by atoms with van der Waals surface area (Å²) in [5, 5.41) is 22.5. The van der Waals surface area contributed by atoms with Gasteiger partial charge in [-0.1, -0.05) is 12.1 Å². The number of carbonyl (C=O) groups is 1. The van der Waals surface area contributed by atoms with Crippen LogP contribution in [0.1, 0.15) is 16.1 Å². The van der Waals surface area contributed by atoms with E-state index >= 15 is 0 Å². The summed E-state index contributed by atoms with van der Waals surface area (Å²) in [7, 11) is 0. The summed E-state index contributed by atoms with van der Waals surface area (Å²) >= 11 is 0. The van der Waals surface area contributed by atoms with Crippen LogP contribution in [-0.4, -0.2) is 16.1 Å². The number of anilines is 3. The third-order valence-electron chi connectivity index (χ3n) is 2.96. The second-order valence-corrected chi connectivity index (χ2v) is 4.52. The first-order valence-corrected chi connectivity index (χ1v) is 6.71. The summed E-state index contributed by atoms with van der Waals surface area (Å²) in [5.41, 5.74) is 1.14. The highest BCUT2D eigenvalue weighted by Gasteiger charge is 2.10. The maximum absolute atomic E-state index is 11.8. The molecule has 0 radical (unpaired) electrons. The predicted octanol–water partition coefficient (Wildman–Crippen LogP) is 2.94. The minimum absolute atomic E-state index is 0.192. The van der Waals surface area contributed by atoms with Gasteiger partial charge in [-0.15, -0.1) is 10.2 Å². The number of amides is 1. The molecule has 1 amide bonds. The van der Waals surface area contributed by atoms with Crippen molar-refractivity contribution < 1.29 is 9.21 Å². The van der Waals surface area contributed by atoms with Gasteiger partial charge in [-0.3, -0.25) is 4.79 Å². The second kappa shape index (κ2) is 6.41. The Morgan fingerprint density at radius 2 is 1.83 bits per heavy atom. The molecule has 23 heavy (non-hydrogen) atoms. The van der Waals surface area contributed by atoms with E-state index in [0.29, 0.717) is 22.9 Å². The molecular weight excluding hydrogens is 294 g/mol. The average Bonchev–Trinajstić information content (AvgIpc) is 3.12. The molecule has 7 nitrogen and oxygen atoms in total. The predicted molar refractivity (Wildman–Crippen MR) is 83.1 cm³/mol. The summed E-state index contributed by atoms with van der Waals surface area (Å²) in [5.74, 6) is 0.547. The van der Waals surface area contributed by atoms with Crippen LogP contribution < -0.4 is 10.6 Å². The van der Waals surface area contributed by atoms with Gasteiger partial charge in [0.2, 0.25) is 0 Å². The molecule has 3 rings (SSSR count). The van der Waals surface area contributed by atoms with Gasteiger partial charge in [0.25, 0.3) is 5.91 Å². The van der Waals surface area contributed by atoms with Crippen LogP contribution in [0.3, 0.4) is 0 Å². The minimum Gasteiger partial charge on any atom is -0.459 e. The van der Waals surface area contributed by atoms with Crippen molar-refractivity contribution in [2.45, 2.75) is 0 Å². The minimum atomic E-state index is -0.403. The summed E-state index contributed by atoms with van der Waals surface area (Å²) in [6.07, 6.45) is 1.42. The van der Waals surface area contributed by atoms with E-state index in [0.717, 1.165) is 0 Å². The van der Waals surface area contributed by atoms with E-state index in [9.17, 15) is 4.79 Å². The van der Waals surface area contributed by atoms with Crippen LogP contribution in [-0.2, 0) is 0 Å². The van der Waals surface area contributed by atoms with Gasteiger partial charge in [-0.05, 0) is 36.4 Å². The standard InChI is InChI=1S/C16H11N5O2/c17-10-11-4-1-2-5-12(11)18-14-7-8-15(21-20-14)19-16(22)13-6-3-9-23-13/h1-9H,(H,18,20)(H,19,21,22). The Kier molecular flexibility index (Phi) is 3.98. The Hall–Kier alpha value is -3.66. The van der Waals surface area contributed by atoms with Crippen molar-refractivity contribution in [3.63, 3.8) is 0 Å². The Morgan fingerprint density at radius 3 is 2.52 bits per heavy atom. The van der Waals surface area contributed by atoms with Crippen molar-refractivity contribution in [3.05, 3.63) is 66.1 Å². The zero-order valence-corrected chi connectivity index (χ0v) is 11.9. The van der Waals surface area contributed by atoms with Gasteiger partial charge in [0, 0.05) is 0 Å². The maximum Gasteiger partial charge on any atom is 0.292 e. The summed E-state index contributed by atoms with van der Waals surface area (Å²) in [6, 6.07) is 15.6. The van der Waals surface area contributed by atoms with E-state index in [4.69, 9.17) is 9.68 Å². The zero-order valence-electron chi connectivity index (χ0n) is 11.9. The van der Waals surface area contributed by atoms with Gasteiger partial charge in [0.15, 0.2) is 17.4 Å². The Bertz CT molecular complexity index is 851. The zero-order chi connectivity index (χ0) is 16.1. The number of nitriles is 1. The molecule has 0 fully saturated rings. The van der Waals surface area contributed by atoms with Crippen LogP contribution in [0, 0.1) is 11.3 Å². The lowest BCUT2D eigenvalue weighted by molar-refractivity contribution is 0.0996.